The monoisotopic (exact) mass is 245 g/mol. The summed E-state index contributed by atoms with van der Waals surface area (Å²) in [5, 5.41) is 0. The molecule has 0 bridgehead atoms. The maximum absolute atomic E-state index is 12.6. The van der Waals surface area contributed by atoms with Gasteiger partial charge >= 0.3 is 6.18 Å². The first-order chi connectivity index (χ1) is 7.97. The van der Waals surface area contributed by atoms with E-state index in [0.717, 1.165) is 12.5 Å². The molecule has 1 aliphatic rings. The molecule has 0 aromatic heterocycles. The normalized spacial score (nSPS) is 23.6. The van der Waals surface area contributed by atoms with Crippen LogP contribution in [0.1, 0.15) is 23.5 Å². The summed E-state index contributed by atoms with van der Waals surface area (Å²) in [6, 6.07) is 3.60. The molecule has 0 saturated heterocycles. The van der Waals surface area contributed by atoms with E-state index in [-0.39, 0.29) is 11.8 Å². The Kier molecular flexibility index (Phi) is 3.03. The fraction of sp³-hybridized carbons (Fsp3) is 0.500. The first-order valence-corrected chi connectivity index (χ1v) is 5.42. The van der Waals surface area contributed by atoms with Gasteiger partial charge in [0.2, 0.25) is 0 Å². The van der Waals surface area contributed by atoms with Crippen molar-refractivity contribution in [1.82, 2.24) is 0 Å². The van der Waals surface area contributed by atoms with Gasteiger partial charge in [-0.25, -0.2) is 0 Å². The molecular weight excluding hydrogens is 231 g/mol. The minimum atomic E-state index is -4.31. The second kappa shape index (κ2) is 4.22. The molecule has 2 unspecified atom stereocenters. The van der Waals surface area contributed by atoms with E-state index in [1.165, 1.54) is 19.2 Å². The molecule has 94 valence electrons. The lowest BCUT2D eigenvalue weighted by Gasteiger charge is -2.12. The Morgan fingerprint density at radius 2 is 2.12 bits per heavy atom. The summed E-state index contributed by atoms with van der Waals surface area (Å²) in [4.78, 5) is 0. The van der Waals surface area contributed by atoms with Gasteiger partial charge in [-0.05, 0) is 48.6 Å². The van der Waals surface area contributed by atoms with Crippen molar-refractivity contribution in [3.05, 3.63) is 29.3 Å². The van der Waals surface area contributed by atoms with Crippen LogP contribution in [-0.2, 0) is 6.18 Å². The molecule has 0 aliphatic heterocycles. The third-order valence-electron chi connectivity index (χ3n) is 3.18. The van der Waals surface area contributed by atoms with Gasteiger partial charge in [0, 0.05) is 0 Å². The molecule has 1 saturated carbocycles. The zero-order chi connectivity index (χ0) is 12.6. The summed E-state index contributed by atoms with van der Waals surface area (Å²) in [7, 11) is 1.46. The number of hydrogen-bond donors (Lipinski definition) is 1. The van der Waals surface area contributed by atoms with Crippen molar-refractivity contribution in [2.45, 2.75) is 18.5 Å². The van der Waals surface area contributed by atoms with Crippen LogP contribution >= 0.6 is 0 Å². The Hall–Kier alpha value is -1.23. The van der Waals surface area contributed by atoms with E-state index in [1.807, 2.05) is 0 Å². The third-order valence-corrected chi connectivity index (χ3v) is 3.18. The maximum Gasteiger partial charge on any atom is 0.416 e. The molecule has 1 aromatic rings. The molecular formula is C12H14F3NO. The molecule has 0 amide bonds. The molecule has 0 radical (unpaired) electrons. The van der Waals surface area contributed by atoms with Gasteiger partial charge in [0.1, 0.15) is 5.75 Å². The SMILES string of the molecule is COc1ccc(C(F)(F)F)cc1C1CC1CN. The van der Waals surface area contributed by atoms with Gasteiger partial charge < -0.3 is 10.5 Å². The number of alkyl halides is 3. The van der Waals surface area contributed by atoms with Crippen LogP contribution < -0.4 is 10.5 Å². The molecule has 1 fully saturated rings. The molecule has 1 aromatic carbocycles. The summed E-state index contributed by atoms with van der Waals surface area (Å²) < 4.78 is 42.9. The number of nitrogens with two attached hydrogens (primary N) is 1. The zero-order valence-corrected chi connectivity index (χ0v) is 9.42. The van der Waals surface area contributed by atoms with Crippen molar-refractivity contribution in [3.63, 3.8) is 0 Å². The molecule has 2 nitrogen and oxygen atoms in total. The second-order valence-electron chi connectivity index (χ2n) is 4.29. The first-order valence-electron chi connectivity index (χ1n) is 5.42. The summed E-state index contributed by atoms with van der Waals surface area (Å²) in [6.07, 6.45) is -3.47. The van der Waals surface area contributed by atoms with Crippen molar-refractivity contribution in [1.29, 1.82) is 0 Å². The molecule has 1 aliphatic carbocycles. The Bertz CT molecular complexity index is 417. The van der Waals surface area contributed by atoms with Crippen LogP contribution in [0.5, 0.6) is 5.75 Å². The van der Waals surface area contributed by atoms with Crippen molar-refractivity contribution < 1.29 is 17.9 Å². The van der Waals surface area contributed by atoms with Gasteiger partial charge in [0.15, 0.2) is 0 Å². The highest BCUT2D eigenvalue weighted by molar-refractivity contribution is 5.43. The minimum absolute atomic E-state index is 0.109. The van der Waals surface area contributed by atoms with E-state index in [1.54, 1.807) is 0 Å². The average molecular weight is 245 g/mol. The van der Waals surface area contributed by atoms with Gasteiger partial charge in [0.25, 0.3) is 0 Å². The fourth-order valence-electron chi connectivity index (χ4n) is 2.09. The van der Waals surface area contributed by atoms with Crippen LogP contribution in [-0.4, -0.2) is 13.7 Å². The summed E-state index contributed by atoms with van der Waals surface area (Å²) in [6.45, 7) is 0.504. The predicted molar refractivity (Wildman–Crippen MR) is 57.9 cm³/mol. The molecule has 2 atom stereocenters. The van der Waals surface area contributed by atoms with E-state index in [9.17, 15) is 13.2 Å². The van der Waals surface area contributed by atoms with E-state index in [0.29, 0.717) is 17.9 Å². The van der Waals surface area contributed by atoms with Gasteiger partial charge in [-0.15, -0.1) is 0 Å². The number of benzene rings is 1. The second-order valence-corrected chi connectivity index (χ2v) is 4.29. The van der Waals surface area contributed by atoms with E-state index >= 15 is 0 Å². The van der Waals surface area contributed by atoms with Gasteiger partial charge in [-0.1, -0.05) is 0 Å². The number of halogens is 3. The Morgan fingerprint density at radius 3 is 2.59 bits per heavy atom. The maximum atomic E-state index is 12.6. The molecule has 2 rings (SSSR count). The topological polar surface area (TPSA) is 35.2 Å². The van der Waals surface area contributed by atoms with Crippen LogP contribution in [0.2, 0.25) is 0 Å². The Balaban J connectivity index is 2.35. The highest BCUT2D eigenvalue weighted by Gasteiger charge is 2.40. The van der Waals surface area contributed by atoms with Crippen molar-refractivity contribution in [2.24, 2.45) is 11.7 Å². The quantitative estimate of drug-likeness (QED) is 0.888. The highest BCUT2D eigenvalue weighted by atomic mass is 19.4. The van der Waals surface area contributed by atoms with Crippen LogP contribution in [0.4, 0.5) is 13.2 Å². The van der Waals surface area contributed by atoms with Crippen LogP contribution in [0.25, 0.3) is 0 Å². The van der Waals surface area contributed by atoms with E-state index in [4.69, 9.17) is 10.5 Å². The van der Waals surface area contributed by atoms with E-state index in [2.05, 4.69) is 0 Å². The number of methoxy groups -OCH3 is 1. The zero-order valence-electron chi connectivity index (χ0n) is 9.42. The van der Waals surface area contributed by atoms with Crippen molar-refractivity contribution in [3.8, 4) is 5.75 Å². The first kappa shape index (κ1) is 12.2. The smallest absolute Gasteiger partial charge is 0.416 e. The van der Waals surface area contributed by atoms with Crippen LogP contribution in [0.15, 0.2) is 18.2 Å². The van der Waals surface area contributed by atoms with Gasteiger partial charge in [-0.3, -0.25) is 0 Å². The lowest BCUT2D eigenvalue weighted by Crippen LogP contribution is -2.07. The molecule has 17 heavy (non-hydrogen) atoms. The summed E-state index contributed by atoms with van der Waals surface area (Å²) >= 11 is 0. The predicted octanol–water partition coefficient (Wildman–Crippen LogP) is 2.78. The lowest BCUT2D eigenvalue weighted by molar-refractivity contribution is -0.137. The van der Waals surface area contributed by atoms with Crippen molar-refractivity contribution >= 4 is 0 Å². The number of ether oxygens (including phenoxy) is 1. The lowest BCUT2D eigenvalue weighted by atomic mass is 10.0. The Labute approximate surface area is 97.6 Å². The van der Waals surface area contributed by atoms with Gasteiger partial charge in [0.05, 0.1) is 12.7 Å². The number of rotatable bonds is 3. The highest BCUT2D eigenvalue weighted by Crippen LogP contribution is 2.50. The average Bonchev–Trinajstić information content (AvgIpc) is 3.06. The third kappa shape index (κ3) is 2.39. The summed E-state index contributed by atoms with van der Waals surface area (Å²) in [5.74, 6) is 0.906. The minimum Gasteiger partial charge on any atom is -0.496 e. The molecule has 2 N–H and O–H groups in total. The van der Waals surface area contributed by atoms with Crippen LogP contribution in [0.3, 0.4) is 0 Å². The summed E-state index contributed by atoms with van der Waals surface area (Å²) in [5.41, 5.74) is 5.51. The molecule has 0 spiro atoms. The standard InChI is InChI=1S/C12H14F3NO/c1-17-11-3-2-8(12(13,14)15)5-10(11)9-4-7(9)6-16/h2-3,5,7,9H,4,6,16H2,1H3. The largest absolute Gasteiger partial charge is 0.496 e. The van der Waals surface area contributed by atoms with Gasteiger partial charge in [-0.2, -0.15) is 13.2 Å². The van der Waals surface area contributed by atoms with Crippen LogP contribution in [0, 0.1) is 5.92 Å². The number of hydrogen-bond acceptors (Lipinski definition) is 2. The van der Waals surface area contributed by atoms with E-state index < -0.39 is 11.7 Å². The molecule has 0 heterocycles. The van der Waals surface area contributed by atoms with Crippen molar-refractivity contribution in [2.75, 3.05) is 13.7 Å². The Morgan fingerprint density at radius 1 is 1.41 bits per heavy atom. The fourth-order valence-corrected chi connectivity index (χ4v) is 2.09. The molecule has 5 heteroatoms.